The molecule has 5 rings (SSSR count). The number of urea groups is 1. The van der Waals surface area contributed by atoms with E-state index in [4.69, 9.17) is 21.1 Å². The smallest absolute Gasteiger partial charge is 0.324 e. The first-order chi connectivity index (χ1) is 18.1. The van der Waals surface area contributed by atoms with Crippen molar-refractivity contribution >= 4 is 40.3 Å². The predicted octanol–water partition coefficient (Wildman–Crippen LogP) is 4.09. The van der Waals surface area contributed by atoms with E-state index in [1.54, 1.807) is 59.3 Å². The third-order valence-corrected chi connectivity index (χ3v) is 5.80. The Kier molecular flexibility index (Phi) is 5.99. The SMILES string of the molecule is CC(C)(C)c1cc(NC(=O)Nc2ccc(-n3nc(-c4ccc(C(N)=O)cc4)c4c(N)ncnc43)cc2)no1. The van der Waals surface area contributed by atoms with Gasteiger partial charge in [0.25, 0.3) is 0 Å². The van der Waals surface area contributed by atoms with Gasteiger partial charge in [-0.25, -0.2) is 19.4 Å². The zero-order valence-corrected chi connectivity index (χ0v) is 20.9. The standard InChI is InChI=1S/C26H25N9O3/c1-26(2,3)18-12-19(34-38-18)32-25(37)31-16-8-10-17(11-9-16)35-24-20(22(27)29-13-30-24)21(33-35)14-4-6-15(7-5-14)23(28)36/h4-13H,1-3H3,(H2,28,36)(H2,27,29,30)(H2,31,32,34,37). The lowest BCUT2D eigenvalue weighted by molar-refractivity contribution is 0.1000. The Bertz CT molecular complexity index is 1650. The first-order valence-corrected chi connectivity index (χ1v) is 11.7. The predicted molar refractivity (Wildman–Crippen MR) is 143 cm³/mol. The molecule has 0 unspecified atom stereocenters. The number of hydrogen-bond acceptors (Lipinski definition) is 8. The van der Waals surface area contributed by atoms with E-state index in [-0.39, 0.29) is 11.2 Å². The van der Waals surface area contributed by atoms with Gasteiger partial charge in [-0.2, -0.15) is 5.10 Å². The molecule has 12 nitrogen and oxygen atoms in total. The maximum atomic E-state index is 12.5. The van der Waals surface area contributed by atoms with Crippen LogP contribution in [-0.2, 0) is 5.41 Å². The Balaban J connectivity index is 1.39. The van der Waals surface area contributed by atoms with Crippen LogP contribution in [0.4, 0.5) is 22.1 Å². The average molecular weight is 512 g/mol. The maximum Gasteiger partial charge on any atom is 0.324 e. The van der Waals surface area contributed by atoms with Crippen molar-refractivity contribution < 1.29 is 14.1 Å². The topological polar surface area (TPSA) is 180 Å². The molecule has 3 aromatic heterocycles. The van der Waals surface area contributed by atoms with Crippen LogP contribution in [0.3, 0.4) is 0 Å². The van der Waals surface area contributed by atoms with Crippen molar-refractivity contribution in [2.24, 2.45) is 5.73 Å². The Morgan fingerprint density at radius 3 is 2.32 bits per heavy atom. The minimum atomic E-state index is -0.521. The summed E-state index contributed by atoms with van der Waals surface area (Å²) < 4.78 is 6.93. The second kappa shape index (κ2) is 9.32. The van der Waals surface area contributed by atoms with Gasteiger partial charge in [0.2, 0.25) is 5.91 Å². The number of amides is 3. The van der Waals surface area contributed by atoms with Crippen molar-refractivity contribution in [1.82, 2.24) is 24.9 Å². The lowest BCUT2D eigenvalue weighted by Crippen LogP contribution is -2.19. The first-order valence-electron chi connectivity index (χ1n) is 11.7. The van der Waals surface area contributed by atoms with Crippen LogP contribution in [0.25, 0.3) is 28.0 Å². The van der Waals surface area contributed by atoms with Gasteiger partial charge in [-0.15, -0.1) is 0 Å². The number of nitrogen functional groups attached to an aromatic ring is 1. The van der Waals surface area contributed by atoms with Gasteiger partial charge in [0.15, 0.2) is 11.5 Å². The third-order valence-electron chi connectivity index (χ3n) is 5.80. The van der Waals surface area contributed by atoms with Gasteiger partial charge in [0.05, 0.1) is 11.1 Å². The number of rotatable bonds is 5. The van der Waals surface area contributed by atoms with Crippen LogP contribution in [0.1, 0.15) is 36.9 Å². The molecular weight excluding hydrogens is 486 g/mol. The molecule has 0 saturated heterocycles. The molecule has 3 heterocycles. The summed E-state index contributed by atoms with van der Waals surface area (Å²) in [5.41, 5.74) is 14.7. The van der Waals surface area contributed by atoms with Crippen molar-refractivity contribution in [3.05, 3.63) is 72.2 Å². The number of hydrogen-bond donors (Lipinski definition) is 4. The maximum absolute atomic E-state index is 12.5. The van der Waals surface area contributed by atoms with Gasteiger partial charge in [-0.1, -0.05) is 38.1 Å². The van der Waals surface area contributed by atoms with Gasteiger partial charge in [0, 0.05) is 28.3 Å². The highest BCUT2D eigenvalue weighted by Gasteiger charge is 2.21. The number of fused-ring (bicyclic) bond motifs is 1. The van der Waals surface area contributed by atoms with E-state index in [1.807, 2.05) is 20.8 Å². The zero-order valence-electron chi connectivity index (χ0n) is 20.9. The molecule has 0 spiro atoms. The van der Waals surface area contributed by atoms with Crippen molar-refractivity contribution in [2.75, 3.05) is 16.4 Å². The summed E-state index contributed by atoms with van der Waals surface area (Å²) in [5.74, 6) is 0.734. The van der Waals surface area contributed by atoms with E-state index in [2.05, 4.69) is 25.8 Å². The number of primary amides is 1. The summed E-state index contributed by atoms with van der Waals surface area (Å²) in [5, 5.41) is 14.6. The van der Waals surface area contributed by atoms with Crippen molar-refractivity contribution in [3.8, 4) is 16.9 Å². The Hall–Kier alpha value is -5.26. The molecule has 0 aliphatic rings. The summed E-state index contributed by atoms with van der Waals surface area (Å²) in [6.07, 6.45) is 1.37. The van der Waals surface area contributed by atoms with Gasteiger partial charge >= 0.3 is 6.03 Å². The normalized spacial score (nSPS) is 11.4. The summed E-state index contributed by atoms with van der Waals surface area (Å²) in [7, 11) is 0. The van der Waals surface area contributed by atoms with Crippen LogP contribution in [0.15, 0.2) is 65.4 Å². The molecule has 0 saturated carbocycles. The third kappa shape index (κ3) is 4.74. The Labute approximate surface area is 217 Å². The molecule has 38 heavy (non-hydrogen) atoms. The van der Waals surface area contributed by atoms with Gasteiger partial charge in [-0.05, 0) is 36.4 Å². The van der Waals surface area contributed by atoms with Gasteiger partial charge in [0.1, 0.15) is 23.6 Å². The molecule has 0 aliphatic heterocycles. The van der Waals surface area contributed by atoms with Crippen LogP contribution < -0.4 is 22.1 Å². The van der Waals surface area contributed by atoms with Crippen molar-refractivity contribution in [2.45, 2.75) is 26.2 Å². The number of carbonyl (C=O) groups excluding carboxylic acids is 2. The van der Waals surface area contributed by atoms with E-state index in [9.17, 15) is 9.59 Å². The van der Waals surface area contributed by atoms with E-state index >= 15 is 0 Å². The zero-order chi connectivity index (χ0) is 27.0. The molecule has 0 radical (unpaired) electrons. The van der Waals surface area contributed by atoms with E-state index < -0.39 is 11.9 Å². The minimum Gasteiger partial charge on any atom is -0.383 e. The number of nitrogens with one attached hydrogen (secondary N) is 2. The van der Waals surface area contributed by atoms with E-state index in [0.29, 0.717) is 45.2 Å². The number of anilines is 3. The molecule has 6 N–H and O–H groups in total. The molecule has 12 heteroatoms. The fourth-order valence-electron chi connectivity index (χ4n) is 3.80. The number of aromatic nitrogens is 5. The summed E-state index contributed by atoms with van der Waals surface area (Å²) >= 11 is 0. The summed E-state index contributed by atoms with van der Waals surface area (Å²) in [6.45, 7) is 5.97. The second-order valence-electron chi connectivity index (χ2n) is 9.61. The average Bonchev–Trinajstić information content (AvgIpc) is 3.50. The number of nitrogens with two attached hydrogens (primary N) is 2. The van der Waals surface area contributed by atoms with Crippen LogP contribution in [0.5, 0.6) is 0 Å². The quantitative estimate of drug-likeness (QED) is 0.272. The Morgan fingerprint density at radius 2 is 1.68 bits per heavy atom. The number of benzene rings is 2. The monoisotopic (exact) mass is 511 g/mol. The van der Waals surface area contributed by atoms with Crippen molar-refractivity contribution in [3.63, 3.8) is 0 Å². The fourth-order valence-corrected chi connectivity index (χ4v) is 3.80. The van der Waals surface area contributed by atoms with E-state index in [1.165, 1.54) is 6.33 Å². The Morgan fingerprint density at radius 1 is 0.974 bits per heavy atom. The van der Waals surface area contributed by atoms with Crippen molar-refractivity contribution in [1.29, 1.82) is 0 Å². The minimum absolute atomic E-state index is 0.224. The molecule has 0 atom stereocenters. The summed E-state index contributed by atoms with van der Waals surface area (Å²) in [6, 6.07) is 15.0. The first kappa shape index (κ1) is 24.4. The molecule has 2 aromatic carbocycles. The lowest BCUT2D eigenvalue weighted by Gasteiger charge is -2.12. The van der Waals surface area contributed by atoms with Crippen LogP contribution in [0.2, 0.25) is 0 Å². The highest BCUT2D eigenvalue weighted by molar-refractivity contribution is 6.00. The van der Waals surface area contributed by atoms with Crippen LogP contribution in [0, 0.1) is 0 Å². The second-order valence-corrected chi connectivity index (χ2v) is 9.61. The number of nitrogens with zero attached hydrogens (tertiary/aromatic N) is 5. The van der Waals surface area contributed by atoms with E-state index in [0.717, 1.165) is 5.56 Å². The lowest BCUT2D eigenvalue weighted by atomic mass is 9.93. The molecule has 0 fully saturated rings. The molecule has 3 amide bonds. The molecular formula is C26H25N9O3. The van der Waals surface area contributed by atoms with Crippen LogP contribution >= 0.6 is 0 Å². The summed E-state index contributed by atoms with van der Waals surface area (Å²) in [4.78, 5) is 32.4. The highest BCUT2D eigenvalue weighted by atomic mass is 16.5. The molecule has 0 aliphatic carbocycles. The fraction of sp³-hybridized carbons (Fsp3) is 0.154. The van der Waals surface area contributed by atoms with Gasteiger partial charge in [-0.3, -0.25) is 10.1 Å². The largest absolute Gasteiger partial charge is 0.383 e. The molecule has 0 bridgehead atoms. The van der Waals surface area contributed by atoms with Gasteiger partial charge < -0.3 is 21.3 Å². The van der Waals surface area contributed by atoms with Crippen LogP contribution in [-0.4, -0.2) is 36.8 Å². The number of carbonyl (C=O) groups is 2. The molecule has 5 aromatic rings. The highest BCUT2D eigenvalue weighted by Crippen LogP contribution is 2.32. The molecule has 192 valence electrons.